The molecule has 10 heteroatoms. The summed E-state index contributed by atoms with van der Waals surface area (Å²) >= 11 is 0. The molecule has 3 aromatic carbocycles. The second-order valence-corrected chi connectivity index (χ2v) is 9.83. The van der Waals surface area contributed by atoms with Crippen LogP contribution in [0.2, 0.25) is 0 Å². The number of hydrogen-bond acceptors (Lipinski definition) is 9. The topological polar surface area (TPSA) is 116 Å². The Morgan fingerprint density at radius 2 is 1.61 bits per heavy atom. The summed E-state index contributed by atoms with van der Waals surface area (Å²) in [5.74, 6) is 1.17. The molecule has 44 heavy (non-hydrogen) atoms. The lowest BCUT2D eigenvalue weighted by molar-refractivity contribution is -0.110. The molecule has 4 rings (SSSR count). The number of aliphatic hydroxyl groups excluding tert-OH is 1. The highest BCUT2D eigenvalue weighted by Gasteiger charge is 2.08. The van der Waals surface area contributed by atoms with Crippen molar-refractivity contribution in [1.82, 2.24) is 15.0 Å². The van der Waals surface area contributed by atoms with Gasteiger partial charge in [0.2, 0.25) is 0 Å². The van der Waals surface area contributed by atoms with E-state index in [1.54, 1.807) is 65.5 Å². The highest BCUT2D eigenvalue weighted by atomic mass is 16.5. The van der Waals surface area contributed by atoms with Crippen LogP contribution in [0.5, 0.6) is 17.2 Å². The number of ketones is 1. The van der Waals surface area contributed by atoms with Crippen molar-refractivity contribution in [3.63, 3.8) is 0 Å². The van der Waals surface area contributed by atoms with Gasteiger partial charge in [0.25, 0.3) is 0 Å². The Kier molecular flexibility index (Phi) is 11.1. The molecule has 1 aromatic heterocycles. The molecule has 0 spiro atoms. The molecule has 0 fully saturated rings. The quantitative estimate of drug-likeness (QED) is 0.0817. The average molecular weight is 595 g/mol. The zero-order chi connectivity index (χ0) is 31.3. The minimum atomic E-state index is -0.333. The zero-order valence-electron chi connectivity index (χ0n) is 24.8. The fourth-order valence-electron chi connectivity index (χ4n) is 3.96. The van der Waals surface area contributed by atoms with Crippen LogP contribution in [0, 0.1) is 0 Å². The number of nitrogens with zero attached hydrogens (tertiary/aromatic N) is 4. The number of aldehydes is 1. The number of benzene rings is 3. The maximum Gasteiger partial charge on any atom is 0.182 e. The van der Waals surface area contributed by atoms with E-state index < -0.39 is 0 Å². The van der Waals surface area contributed by atoms with Gasteiger partial charge in [-0.15, -0.1) is 5.10 Å². The van der Waals surface area contributed by atoms with Gasteiger partial charge in [-0.3, -0.25) is 9.59 Å². The molecule has 0 radical (unpaired) electrons. The van der Waals surface area contributed by atoms with E-state index in [0.717, 1.165) is 29.2 Å². The normalized spacial score (nSPS) is 11.6. The molecule has 0 saturated heterocycles. The zero-order valence-corrected chi connectivity index (χ0v) is 24.8. The van der Waals surface area contributed by atoms with Crippen LogP contribution in [0.3, 0.4) is 0 Å². The largest absolute Gasteiger partial charge is 0.508 e. The van der Waals surface area contributed by atoms with Gasteiger partial charge < -0.3 is 24.2 Å². The highest BCUT2D eigenvalue weighted by Crippen LogP contribution is 2.29. The molecule has 0 amide bonds. The van der Waals surface area contributed by atoms with Crippen LogP contribution in [0.25, 0.3) is 12.2 Å². The molecule has 0 atom stereocenters. The molecule has 4 aromatic rings. The van der Waals surface area contributed by atoms with Gasteiger partial charge in [0.05, 0.1) is 19.9 Å². The molecule has 0 aliphatic carbocycles. The Balaban J connectivity index is 1.26. The maximum absolute atomic E-state index is 12.3. The summed E-state index contributed by atoms with van der Waals surface area (Å²) in [5, 5.41) is 18.5. The van der Waals surface area contributed by atoms with E-state index in [0.29, 0.717) is 41.7 Å². The number of carbonyl (C=O) groups excluding carboxylic acids is 2. The second kappa shape index (κ2) is 15.5. The van der Waals surface area contributed by atoms with Crippen LogP contribution in [-0.4, -0.2) is 60.0 Å². The van der Waals surface area contributed by atoms with Crippen LogP contribution >= 0.6 is 0 Å². The second-order valence-electron chi connectivity index (χ2n) is 9.83. The van der Waals surface area contributed by atoms with Gasteiger partial charge in [0.15, 0.2) is 17.3 Å². The van der Waals surface area contributed by atoms with Crippen LogP contribution < -0.4 is 19.1 Å². The summed E-state index contributed by atoms with van der Waals surface area (Å²) in [7, 11) is 5.46. The number of aliphatic hydroxyl groups is 1. The van der Waals surface area contributed by atoms with Gasteiger partial charge in [-0.1, -0.05) is 35.6 Å². The lowest BCUT2D eigenvalue weighted by atomic mass is 10.1. The van der Waals surface area contributed by atoms with Crippen LogP contribution in [0.15, 0.2) is 96.9 Å². The van der Waals surface area contributed by atoms with Crippen molar-refractivity contribution in [3.8, 4) is 17.2 Å². The predicted octanol–water partition coefficient (Wildman–Crippen LogP) is 5.56. The first-order valence-corrected chi connectivity index (χ1v) is 13.8. The van der Waals surface area contributed by atoms with Gasteiger partial charge in [-0.25, -0.2) is 4.68 Å². The lowest BCUT2D eigenvalue weighted by Gasteiger charge is -2.11. The Morgan fingerprint density at radius 1 is 0.909 bits per heavy atom. The molecule has 0 aliphatic rings. The molecule has 0 aliphatic heterocycles. The Morgan fingerprint density at radius 3 is 2.32 bits per heavy atom. The third kappa shape index (κ3) is 9.45. The van der Waals surface area contributed by atoms with Crippen molar-refractivity contribution < 1.29 is 28.9 Å². The van der Waals surface area contributed by atoms with Crippen LogP contribution in [-0.2, 0) is 17.9 Å². The summed E-state index contributed by atoms with van der Waals surface area (Å²) in [6.07, 6.45) is 9.93. The first kappa shape index (κ1) is 31.3. The van der Waals surface area contributed by atoms with Crippen molar-refractivity contribution >= 4 is 29.9 Å². The number of rotatable bonds is 15. The fraction of sp³-hybridized carbons (Fsp3) is 0.176. The fourth-order valence-corrected chi connectivity index (χ4v) is 3.96. The van der Waals surface area contributed by atoms with Crippen molar-refractivity contribution in [1.29, 1.82) is 0 Å². The number of carbonyl (C=O) groups is 2. The van der Waals surface area contributed by atoms with Crippen LogP contribution in [0.4, 0.5) is 5.69 Å². The molecular formula is C34H34N4O6. The molecular weight excluding hydrogens is 560 g/mol. The minimum absolute atomic E-state index is 0.175. The number of anilines is 1. The summed E-state index contributed by atoms with van der Waals surface area (Å²) in [6.45, 7) is 1.05. The molecule has 0 unspecified atom stereocenters. The smallest absolute Gasteiger partial charge is 0.182 e. The average Bonchev–Trinajstić information content (AvgIpc) is 3.50. The van der Waals surface area contributed by atoms with Crippen LogP contribution in [0.1, 0.15) is 27.2 Å². The highest BCUT2D eigenvalue weighted by molar-refractivity contribution is 6.02. The number of hydrogen-bond donors (Lipinski definition) is 1. The lowest BCUT2D eigenvalue weighted by Crippen LogP contribution is -2.08. The number of allylic oxidation sites excluding steroid dienone is 3. The third-order valence-electron chi connectivity index (χ3n) is 6.34. The van der Waals surface area contributed by atoms with Gasteiger partial charge >= 0.3 is 0 Å². The van der Waals surface area contributed by atoms with Crippen molar-refractivity contribution in [3.05, 3.63) is 119 Å². The SMILES string of the molecule is COc1cc(/C=C/C(O)=C/C(=O)/C=C/c2ccc(N(C)C)cc2)ccc1OCc1cn(CCOc2ccc(C=O)cc2)nn1. The molecule has 10 nitrogen and oxygen atoms in total. The van der Waals surface area contributed by atoms with Gasteiger partial charge in [0, 0.05) is 31.4 Å². The molecule has 1 N–H and O–H groups in total. The predicted molar refractivity (Wildman–Crippen MR) is 169 cm³/mol. The van der Waals surface area contributed by atoms with Gasteiger partial charge in [-0.05, 0) is 71.8 Å². The first-order chi connectivity index (χ1) is 21.3. The molecule has 0 bridgehead atoms. The van der Waals surface area contributed by atoms with E-state index in [9.17, 15) is 14.7 Å². The van der Waals surface area contributed by atoms with Gasteiger partial charge in [0.1, 0.15) is 36.7 Å². The van der Waals surface area contributed by atoms with E-state index in [4.69, 9.17) is 14.2 Å². The number of methoxy groups -OCH3 is 1. The summed E-state index contributed by atoms with van der Waals surface area (Å²) in [5.41, 5.74) is 3.91. The molecule has 1 heterocycles. The van der Waals surface area contributed by atoms with Crippen molar-refractivity contribution in [2.24, 2.45) is 0 Å². The van der Waals surface area contributed by atoms with E-state index >= 15 is 0 Å². The number of aromatic nitrogens is 3. The minimum Gasteiger partial charge on any atom is -0.508 e. The monoisotopic (exact) mass is 594 g/mol. The standard InChI is InChI=1S/C34H34N4O6/c1-37(2)29-11-4-25(5-12-29)6-13-30(40)21-31(41)14-7-26-10-17-33(34(20-26)42-3)44-24-28-22-38(36-35-28)18-19-43-32-15-8-27(23-39)9-16-32/h4-17,20-23,41H,18-19,24H2,1-3H3/b13-6+,14-7+,31-21-. The first-order valence-electron chi connectivity index (χ1n) is 13.8. The maximum atomic E-state index is 12.3. The molecule has 226 valence electrons. The Labute approximate surface area is 256 Å². The van der Waals surface area contributed by atoms with Gasteiger partial charge in [-0.2, -0.15) is 0 Å². The van der Waals surface area contributed by atoms with Crippen molar-refractivity contribution in [2.75, 3.05) is 32.7 Å². The van der Waals surface area contributed by atoms with E-state index in [-0.39, 0.29) is 18.1 Å². The Hall–Kier alpha value is -5.64. The summed E-state index contributed by atoms with van der Waals surface area (Å²) in [4.78, 5) is 25.0. The molecule has 0 saturated carbocycles. The Bertz CT molecular complexity index is 1640. The van der Waals surface area contributed by atoms with E-state index in [1.165, 1.54) is 19.3 Å². The van der Waals surface area contributed by atoms with E-state index in [1.807, 2.05) is 43.3 Å². The van der Waals surface area contributed by atoms with E-state index in [2.05, 4.69) is 10.3 Å². The summed E-state index contributed by atoms with van der Waals surface area (Å²) in [6, 6.07) is 20.0. The number of ether oxygens (including phenoxy) is 3. The third-order valence-corrected chi connectivity index (χ3v) is 6.34. The summed E-state index contributed by atoms with van der Waals surface area (Å²) < 4.78 is 18.7. The van der Waals surface area contributed by atoms with Crippen molar-refractivity contribution in [2.45, 2.75) is 13.2 Å².